The molecule has 1 radical (unpaired) electrons. The van der Waals surface area contributed by atoms with Crippen LogP contribution in [0.25, 0.3) is 0 Å². The van der Waals surface area contributed by atoms with Crippen molar-refractivity contribution in [3.05, 3.63) is 4.58 Å². The third kappa shape index (κ3) is 3.27. The molecule has 0 aliphatic carbocycles. The Morgan fingerprint density at radius 1 is 0.750 bits per heavy atom. The summed E-state index contributed by atoms with van der Waals surface area (Å²) in [7, 11) is -24.6. The van der Waals surface area contributed by atoms with Crippen LogP contribution >= 0.6 is 0 Å². The lowest BCUT2D eigenvalue weighted by atomic mass is 10.3. The molecule has 20 heavy (non-hydrogen) atoms. The molecule has 0 aromatic carbocycles. The largest absolute Gasteiger partial charge is 0.301 e. The minimum absolute atomic E-state index is 0.553. The number of rotatable bonds is 6. The molecule has 0 aromatic rings. The van der Waals surface area contributed by atoms with Crippen LogP contribution in [0.1, 0.15) is 13.3 Å². The van der Waals surface area contributed by atoms with E-state index in [0.717, 1.165) is 0 Å². The van der Waals surface area contributed by atoms with Gasteiger partial charge in [-0.1, -0.05) is 6.92 Å². The Labute approximate surface area is 114 Å². The van der Waals surface area contributed by atoms with E-state index in [-0.39, 0.29) is 0 Å². The standard InChI is InChI=1S/C4H9O12S4/c1-2-4(19(11,12)13,20(14,15)16)3(17(5,6)7)18(8,9)10/h2H2,1H3,(H,5,6,7)(H,8,9,10)(H,11,12,13)(H,14,15,16). The zero-order chi connectivity index (χ0) is 16.8. The topological polar surface area (TPSA) is 217 Å². The molecule has 16 heteroatoms. The third-order valence-electron chi connectivity index (χ3n) is 2.08. The lowest BCUT2D eigenvalue weighted by Crippen LogP contribution is -2.55. The predicted octanol–water partition coefficient (Wildman–Crippen LogP) is -1.87. The van der Waals surface area contributed by atoms with Crippen LogP contribution in [0.15, 0.2) is 0 Å². The smallest absolute Gasteiger partial charge is 0.284 e. The van der Waals surface area contributed by atoms with Crippen LogP contribution in [-0.2, 0) is 40.5 Å². The van der Waals surface area contributed by atoms with Crippen molar-refractivity contribution in [2.45, 2.75) is 17.4 Å². The van der Waals surface area contributed by atoms with Crippen LogP contribution in [0.4, 0.5) is 0 Å². The molecule has 0 aliphatic heterocycles. The molecule has 0 saturated carbocycles. The van der Waals surface area contributed by atoms with Crippen LogP contribution in [0, 0.1) is 4.58 Å². The van der Waals surface area contributed by atoms with E-state index < -0.39 is 55.6 Å². The number of hydrogen-bond acceptors (Lipinski definition) is 8. The van der Waals surface area contributed by atoms with Gasteiger partial charge in [-0.2, -0.15) is 33.7 Å². The van der Waals surface area contributed by atoms with Gasteiger partial charge in [-0.05, 0) is 6.42 Å². The summed E-state index contributed by atoms with van der Waals surface area (Å²) in [5.41, 5.74) is 0. The average Bonchev–Trinajstić information content (AvgIpc) is 2.04. The van der Waals surface area contributed by atoms with Crippen LogP contribution < -0.4 is 0 Å². The van der Waals surface area contributed by atoms with Gasteiger partial charge in [0, 0.05) is 0 Å². The molecule has 0 unspecified atom stereocenters. The molecule has 4 N–H and O–H groups in total. The molecule has 0 saturated heterocycles. The molecule has 121 valence electrons. The fraction of sp³-hybridized carbons (Fsp3) is 0.750. The molecule has 0 aliphatic rings. The molecule has 0 amide bonds. The van der Waals surface area contributed by atoms with Crippen LogP contribution in [-0.4, -0.2) is 56.0 Å². The minimum atomic E-state index is -6.16. The van der Waals surface area contributed by atoms with Crippen LogP contribution in [0.5, 0.6) is 0 Å². The van der Waals surface area contributed by atoms with Crippen molar-refractivity contribution in [1.29, 1.82) is 0 Å². The molecule has 0 rings (SSSR count). The molecule has 0 fully saturated rings. The highest BCUT2D eigenvalue weighted by atomic mass is 32.3. The lowest BCUT2D eigenvalue weighted by molar-refractivity contribution is 0.412. The SMILES string of the molecule is CCC([C](S(=O)(=O)O)S(=O)(=O)O)(S(=O)(=O)O)S(=O)(=O)O. The van der Waals surface area contributed by atoms with Crippen LogP contribution in [0.2, 0.25) is 0 Å². The van der Waals surface area contributed by atoms with Crippen molar-refractivity contribution in [3.8, 4) is 0 Å². The highest BCUT2D eigenvalue weighted by Crippen LogP contribution is 2.42. The van der Waals surface area contributed by atoms with Crippen molar-refractivity contribution < 1.29 is 51.9 Å². The second kappa shape index (κ2) is 5.13. The Morgan fingerprint density at radius 3 is 1.05 bits per heavy atom. The fourth-order valence-electron chi connectivity index (χ4n) is 1.38. The summed E-state index contributed by atoms with van der Waals surface area (Å²) in [6.07, 6.45) is -1.56. The molecule has 0 bridgehead atoms. The summed E-state index contributed by atoms with van der Waals surface area (Å²) in [5, 5.41) is 0. The zero-order valence-electron chi connectivity index (χ0n) is 9.39. The minimum Gasteiger partial charge on any atom is -0.284 e. The van der Waals surface area contributed by atoms with E-state index in [1.165, 1.54) is 0 Å². The maximum Gasteiger partial charge on any atom is 0.301 e. The first kappa shape index (κ1) is 19.6. The molecule has 12 nitrogen and oxygen atoms in total. The van der Waals surface area contributed by atoms with E-state index in [1.54, 1.807) is 0 Å². The summed E-state index contributed by atoms with van der Waals surface area (Å²) >= 11 is 0. The van der Waals surface area contributed by atoms with Crippen molar-refractivity contribution in [1.82, 2.24) is 0 Å². The van der Waals surface area contributed by atoms with Gasteiger partial charge in [0.25, 0.3) is 44.6 Å². The van der Waals surface area contributed by atoms with Crippen molar-refractivity contribution >= 4 is 40.5 Å². The first-order valence-electron chi connectivity index (χ1n) is 4.19. The Balaban J connectivity index is 7.23. The molecule has 0 atom stereocenters. The molecular formula is C4H9O12S4. The highest BCUT2D eigenvalue weighted by molar-refractivity contribution is 8.14. The molecular weight excluding hydrogens is 368 g/mol. The summed E-state index contributed by atoms with van der Waals surface area (Å²) < 4.78 is 116. The van der Waals surface area contributed by atoms with Crippen molar-refractivity contribution in [3.63, 3.8) is 0 Å². The van der Waals surface area contributed by atoms with Gasteiger partial charge in [-0.3, -0.25) is 18.2 Å². The zero-order valence-corrected chi connectivity index (χ0v) is 12.7. The van der Waals surface area contributed by atoms with Gasteiger partial charge in [0.2, 0.25) is 0 Å². The van der Waals surface area contributed by atoms with Gasteiger partial charge in [0.1, 0.15) is 0 Å². The average molecular weight is 377 g/mol. The Kier molecular flexibility index (Phi) is 5.03. The predicted molar refractivity (Wildman–Crippen MR) is 62.5 cm³/mol. The van der Waals surface area contributed by atoms with Crippen molar-refractivity contribution in [2.24, 2.45) is 0 Å². The second-order valence-electron chi connectivity index (χ2n) is 3.29. The quantitative estimate of drug-likeness (QED) is 0.374. The van der Waals surface area contributed by atoms with E-state index in [0.29, 0.717) is 6.92 Å². The van der Waals surface area contributed by atoms with Gasteiger partial charge in [0.15, 0.2) is 0 Å². The third-order valence-corrected chi connectivity index (χ3v) is 9.41. The second-order valence-corrected chi connectivity index (χ2v) is 9.82. The summed E-state index contributed by atoms with van der Waals surface area (Å²) in [4.78, 5) is 0. The highest BCUT2D eigenvalue weighted by Gasteiger charge is 2.69. The maximum atomic E-state index is 11.1. The van der Waals surface area contributed by atoms with Crippen molar-refractivity contribution in [2.75, 3.05) is 0 Å². The van der Waals surface area contributed by atoms with E-state index in [2.05, 4.69) is 0 Å². The molecule has 0 spiro atoms. The van der Waals surface area contributed by atoms with Gasteiger partial charge in [-0.15, -0.1) is 0 Å². The summed E-state index contributed by atoms with van der Waals surface area (Å²) in [5.74, 6) is 0. The van der Waals surface area contributed by atoms with Crippen LogP contribution in [0.3, 0.4) is 0 Å². The van der Waals surface area contributed by atoms with Gasteiger partial charge in [-0.25, -0.2) is 0 Å². The Hall–Kier alpha value is -0.360. The first-order valence-corrected chi connectivity index (χ1v) is 9.95. The fourth-order valence-corrected chi connectivity index (χ4v) is 8.26. The summed E-state index contributed by atoms with van der Waals surface area (Å²) in [6.45, 7) is 0.553. The molecule has 0 aromatic heterocycles. The van der Waals surface area contributed by atoms with E-state index in [4.69, 9.17) is 18.2 Å². The van der Waals surface area contributed by atoms with Gasteiger partial charge < -0.3 is 0 Å². The van der Waals surface area contributed by atoms with E-state index in [1.807, 2.05) is 0 Å². The van der Waals surface area contributed by atoms with Gasteiger partial charge in [0.05, 0.1) is 0 Å². The maximum absolute atomic E-state index is 11.1. The normalized spacial score (nSPS) is 15.5. The van der Waals surface area contributed by atoms with E-state index >= 15 is 0 Å². The first-order chi connectivity index (χ1) is 8.43. The Bertz CT molecular complexity index is 716. The van der Waals surface area contributed by atoms with Gasteiger partial charge >= 0.3 is 4.58 Å². The Morgan fingerprint density at radius 2 is 1.00 bits per heavy atom. The monoisotopic (exact) mass is 377 g/mol. The van der Waals surface area contributed by atoms with E-state index in [9.17, 15) is 33.7 Å². The summed E-state index contributed by atoms with van der Waals surface area (Å²) in [6, 6.07) is 0. The number of hydrogen-bond donors (Lipinski definition) is 4. The molecule has 0 heterocycles. The lowest BCUT2D eigenvalue weighted by Gasteiger charge is -2.28.